The first-order chi connectivity index (χ1) is 12.0. The lowest BCUT2D eigenvalue weighted by atomic mass is 9.79. The summed E-state index contributed by atoms with van der Waals surface area (Å²) >= 11 is 0. The molecule has 1 unspecified atom stereocenters. The maximum Gasteiger partial charge on any atom is 0.322 e. The van der Waals surface area contributed by atoms with Crippen molar-refractivity contribution in [1.82, 2.24) is 15.5 Å². The van der Waals surface area contributed by atoms with Crippen LogP contribution < -0.4 is 15.4 Å². The molecule has 2 aliphatic heterocycles. The zero-order chi connectivity index (χ0) is 18.0. The van der Waals surface area contributed by atoms with E-state index in [4.69, 9.17) is 4.74 Å². The van der Waals surface area contributed by atoms with Gasteiger partial charge < -0.3 is 15.0 Å². The number of ether oxygens (including phenoxy) is 1. The van der Waals surface area contributed by atoms with E-state index in [0.29, 0.717) is 43.9 Å². The summed E-state index contributed by atoms with van der Waals surface area (Å²) in [4.78, 5) is 38.1. The van der Waals surface area contributed by atoms with E-state index in [9.17, 15) is 14.4 Å². The van der Waals surface area contributed by atoms with Crippen molar-refractivity contribution < 1.29 is 19.1 Å². The predicted molar refractivity (Wildman–Crippen MR) is 91.3 cm³/mol. The summed E-state index contributed by atoms with van der Waals surface area (Å²) in [5.41, 5.74) is -0.337. The molecular formula is C18H23N3O4. The fourth-order valence-corrected chi connectivity index (χ4v) is 3.60. The Kier molecular flexibility index (Phi) is 4.65. The molecule has 134 valence electrons. The second-order valence-corrected chi connectivity index (χ2v) is 6.61. The predicted octanol–water partition coefficient (Wildman–Crippen LogP) is 1.54. The Morgan fingerprint density at radius 3 is 2.56 bits per heavy atom. The molecule has 0 radical (unpaired) electrons. The fourth-order valence-electron chi connectivity index (χ4n) is 3.60. The summed E-state index contributed by atoms with van der Waals surface area (Å²) in [5.74, 6) is 0.244. The average molecular weight is 345 g/mol. The van der Waals surface area contributed by atoms with E-state index in [1.807, 2.05) is 19.1 Å². The van der Waals surface area contributed by atoms with Crippen molar-refractivity contribution >= 4 is 17.8 Å². The molecule has 0 saturated carbocycles. The van der Waals surface area contributed by atoms with Crippen LogP contribution in [0.15, 0.2) is 24.3 Å². The second-order valence-electron chi connectivity index (χ2n) is 6.61. The van der Waals surface area contributed by atoms with Crippen molar-refractivity contribution in [2.24, 2.45) is 5.92 Å². The van der Waals surface area contributed by atoms with Gasteiger partial charge in [0.2, 0.25) is 0 Å². The lowest BCUT2D eigenvalue weighted by molar-refractivity contribution is -0.125. The average Bonchev–Trinajstić information content (AvgIpc) is 2.88. The van der Waals surface area contributed by atoms with Gasteiger partial charge >= 0.3 is 6.03 Å². The normalized spacial score (nSPS) is 24.0. The zero-order valence-corrected chi connectivity index (χ0v) is 14.5. The molecule has 2 aliphatic rings. The number of rotatable bonds is 4. The number of hydrogen-bond acceptors (Lipinski definition) is 4. The highest BCUT2D eigenvalue weighted by molar-refractivity contribution is 6.07. The number of likely N-dealkylation sites (tertiary alicyclic amines) is 1. The lowest BCUT2D eigenvalue weighted by Gasteiger charge is -2.38. The summed E-state index contributed by atoms with van der Waals surface area (Å²) in [6, 6.07) is 6.78. The first kappa shape index (κ1) is 17.3. The zero-order valence-electron chi connectivity index (χ0n) is 14.5. The van der Waals surface area contributed by atoms with E-state index in [1.54, 1.807) is 24.0 Å². The molecule has 3 rings (SSSR count). The minimum absolute atomic E-state index is 0.00476. The van der Waals surface area contributed by atoms with Crippen LogP contribution in [-0.4, -0.2) is 48.0 Å². The minimum Gasteiger partial charge on any atom is -0.493 e. The highest BCUT2D eigenvalue weighted by atomic mass is 16.5. The Balaban J connectivity index is 1.68. The maximum atomic E-state index is 12.8. The first-order valence-corrected chi connectivity index (χ1v) is 8.60. The highest BCUT2D eigenvalue weighted by Crippen LogP contribution is 2.31. The Bertz CT molecular complexity index is 697. The number of carbonyl (C=O) groups is 3. The van der Waals surface area contributed by atoms with Crippen molar-refractivity contribution in [3.05, 3.63) is 29.8 Å². The van der Waals surface area contributed by atoms with Gasteiger partial charge in [0.05, 0.1) is 12.2 Å². The largest absolute Gasteiger partial charge is 0.493 e. The molecule has 0 spiro atoms. The molecule has 7 heteroatoms. The third-order valence-electron chi connectivity index (χ3n) is 5.09. The van der Waals surface area contributed by atoms with Crippen LogP contribution in [-0.2, 0) is 4.79 Å². The molecule has 2 heterocycles. The molecule has 1 aromatic carbocycles. The van der Waals surface area contributed by atoms with E-state index in [-0.39, 0.29) is 17.7 Å². The molecule has 1 atom stereocenters. The second kappa shape index (κ2) is 6.74. The number of urea groups is 1. The standard InChI is InChI=1S/C18H23N3O4/c1-3-25-14-7-5-4-6-13(14)15(22)21-10-8-12(9-11-21)18(2)16(23)19-17(24)20-18/h4-7,12H,3,8-11H2,1-2H3,(H2,19,20,23,24). The fraction of sp³-hybridized carbons (Fsp3) is 0.500. The van der Waals surface area contributed by atoms with Crippen LogP contribution in [0.2, 0.25) is 0 Å². The number of piperidine rings is 1. The summed E-state index contributed by atoms with van der Waals surface area (Å²) in [6.07, 6.45) is 1.32. The molecule has 2 fully saturated rings. The van der Waals surface area contributed by atoms with Crippen molar-refractivity contribution in [2.45, 2.75) is 32.2 Å². The molecule has 0 aromatic heterocycles. The number of imide groups is 1. The van der Waals surface area contributed by atoms with Crippen LogP contribution in [0.25, 0.3) is 0 Å². The van der Waals surface area contributed by atoms with E-state index in [0.717, 1.165) is 0 Å². The molecule has 2 saturated heterocycles. The van der Waals surface area contributed by atoms with Gasteiger partial charge in [-0.1, -0.05) is 12.1 Å². The quantitative estimate of drug-likeness (QED) is 0.810. The van der Waals surface area contributed by atoms with Gasteiger partial charge in [-0.15, -0.1) is 0 Å². The summed E-state index contributed by atoms with van der Waals surface area (Å²) in [5, 5.41) is 5.03. The SMILES string of the molecule is CCOc1ccccc1C(=O)N1CCC(C2(C)NC(=O)NC2=O)CC1. The summed E-state index contributed by atoms with van der Waals surface area (Å²) in [6.45, 7) is 5.22. The van der Waals surface area contributed by atoms with Crippen molar-refractivity contribution in [2.75, 3.05) is 19.7 Å². The van der Waals surface area contributed by atoms with Gasteiger partial charge in [-0.05, 0) is 44.7 Å². The van der Waals surface area contributed by atoms with Gasteiger partial charge in [0.25, 0.3) is 11.8 Å². The lowest BCUT2D eigenvalue weighted by Crippen LogP contribution is -2.54. The van der Waals surface area contributed by atoms with Crippen LogP contribution in [0.5, 0.6) is 5.75 Å². The number of amides is 4. The van der Waals surface area contributed by atoms with Crippen LogP contribution in [0.3, 0.4) is 0 Å². The topological polar surface area (TPSA) is 87.7 Å². The minimum atomic E-state index is -0.893. The molecular weight excluding hydrogens is 322 g/mol. The summed E-state index contributed by atoms with van der Waals surface area (Å²) in [7, 11) is 0. The third kappa shape index (κ3) is 3.18. The molecule has 0 aliphatic carbocycles. The molecule has 25 heavy (non-hydrogen) atoms. The van der Waals surface area contributed by atoms with E-state index in [2.05, 4.69) is 10.6 Å². The van der Waals surface area contributed by atoms with Gasteiger partial charge in [0, 0.05) is 13.1 Å². The smallest absolute Gasteiger partial charge is 0.322 e. The van der Waals surface area contributed by atoms with Crippen LogP contribution in [0.4, 0.5) is 4.79 Å². The van der Waals surface area contributed by atoms with Gasteiger partial charge in [-0.25, -0.2) is 4.79 Å². The van der Waals surface area contributed by atoms with Gasteiger partial charge in [-0.3, -0.25) is 14.9 Å². The van der Waals surface area contributed by atoms with Crippen molar-refractivity contribution in [1.29, 1.82) is 0 Å². The maximum absolute atomic E-state index is 12.8. The van der Waals surface area contributed by atoms with Crippen molar-refractivity contribution in [3.63, 3.8) is 0 Å². The third-order valence-corrected chi connectivity index (χ3v) is 5.09. The Labute approximate surface area is 146 Å². The highest BCUT2D eigenvalue weighted by Gasteiger charge is 2.48. The molecule has 0 bridgehead atoms. The molecule has 7 nitrogen and oxygen atoms in total. The van der Waals surface area contributed by atoms with E-state index >= 15 is 0 Å². The van der Waals surface area contributed by atoms with E-state index in [1.165, 1.54) is 0 Å². The Hall–Kier alpha value is -2.57. The van der Waals surface area contributed by atoms with Crippen molar-refractivity contribution in [3.8, 4) is 5.75 Å². The van der Waals surface area contributed by atoms with E-state index < -0.39 is 11.6 Å². The van der Waals surface area contributed by atoms with Crippen LogP contribution in [0, 0.1) is 5.92 Å². The number of benzene rings is 1. The molecule has 2 N–H and O–H groups in total. The molecule has 4 amide bonds. The number of nitrogens with zero attached hydrogens (tertiary/aromatic N) is 1. The number of nitrogens with one attached hydrogen (secondary N) is 2. The van der Waals surface area contributed by atoms with Crippen LogP contribution >= 0.6 is 0 Å². The Morgan fingerprint density at radius 1 is 1.28 bits per heavy atom. The Morgan fingerprint density at radius 2 is 1.96 bits per heavy atom. The monoisotopic (exact) mass is 345 g/mol. The summed E-state index contributed by atoms with van der Waals surface area (Å²) < 4.78 is 5.55. The number of carbonyl (C=O) groups excluding carboxylic acids is 3. The number of hydrogen-bond donors (Lipinski definition) is 2. The van der Waals surface area contributed by atoms with Gasteiger partial charge in [0.15, 0.2) is 0 Å². The number of para-hydroxylation sites is 1. The first-order valence-electron chi connectivity index (χ1n) is 8.60. The van der Waals surface area contributed by atoms with Gasteiger partial charge in [-0.2, -0.15) is 0 Å². The molecule has 1 aromatic rings. The van der Waals surface area contributed by atoms with Gasteiger partial charge in [0.1, 0.15) is 11.3 Å². The van der Waals surface area contributed by atoms with Crippen LogP contribution in [0.1, 0.15) is 37.0 Å².